The molecule has 0 rings (SSSR count). The largest absolute Gasteiger partial charge is 0.472 e. The first-order valence-electron chi connectivity index (χ1n) is 37.9. The second-order valence-corrected chi connectivity index (χ2v) is 27.4. The maximum absolute atomic E-state index is 12.9. The Balaban J connectivity index is 4.04. The van der Waals surface area contributed by atoms with Crippen molar-refractivity contribution in [1.29, 1.82) is 0 Å². The van der Waals surface area contributed by atoms with Crippen LogP contribution in [0.3, 0.4) is 0 Å². The molecule has 0 saturated carbocycles. The van der Waals surface area contributed by atoms with E-state index < -0.39 is 26.5 Å². The summed E-state index contributed by atoms with van der Waals surface area (Å²) in [6.45, 7) is 4.20. The van der Waals surface area contributed by atoms with Crippen LogP contribution in [0.5, 0.6) is 0 Å². The fourth-order valence-corrected chi connectivity index (χ4v) is 10.8. The number of hydrogen-bond acceptors (Lipinski definition) is 7. The third-order valence-electron chi connectivity index (χ3n) is 15.7. The SMILES string of the molecule is CC/C=C\C/C=C\C/C=C\C/C=C\C/C=C\C/C=C\C/C=C\CCCCCCCCCCCCCCCCCCCCCC(=O)OC(COC(=O)CCCCCCCCC/C=C\C/C=C\C/C=C\C/C=C\C/C=C\C/C=C\C/C=C\CC)COP(=O)(O)OCC[N+](C)(C)C. The molecule has 2 unspecified atom stereocenters. The van der Waals surface area contributed by atoms with Gasteiger partial charge in [0, 0.05) is 12.8 Å². The average Bonchev–Trinajstić information content (AvgIpc) is 1.57. The number of allylic oxidation sites excluding steroid dienone is 28. The molecule has 0 amide bonds. The Morgan fingerprint density at radius 1 is 0.330 bits per heavy atom. The number of rotatable bonds is 68. The molecule has 0 aliphatic rings. The monoisotopic (exact) mass is 1320 g/mol. The molecule has 0 fully saturated rings. The summed E-state index contributed by atoms with van der Waals surface area (Å²) in [5.74, 6) is -0.811. The number of esters is 2. The smallest absolute Gasteiger partial charge is 0.462 e. The molecule has 10 heteroatoms. The lowest BCUT2D eigenvalue weighted by molar-refractivity contribution is -0.870. The van der Waals surface area contributed by atoms with Crippen LogP contribution in [0.25, 0.3) is 0 Å². The van der Waals surface area contributed by atoms with Crippen LogP contribution in [0.2, 0.25) is 0 Å². The van der Waals surface area contributed by atoms with Gasteiger partial charge in [-0.2, -0.15) is 0 Å². The van der Waals surface area contributed by atoms with Crippen LogP contribution in [0.1, 0.15) is 296 Å². The summed E-state index contributed by atoms with van der Waals surface area (Å²) in [6.07, 6.45) is 110. The van der Waals surface area contributed by atoms with E-state index in [1.807, 2.05) is 21.1 Å². The highest BCUT2D eigenvalue weighted by Crippen LogP contribution is 2.43. The average molecular weight is 1320 g/mol. The number of nitrogens with zero attached hydrogens (tertiary/aromatic N) is 1. The first kappa shape index (κ1) is 89.4. The lowest BCUT2D eigenvalue weighted by atomic mass is 10.0. The van der Waals surface area contributed by atoms with Crippen LogP contribution in [0.15, 0.2) is 170 Å². The highest BCUT2D eigenvalue weighted by molar-refractivity contribution is 7.47. The summed E-state index contributed by atoms with van der Waals surface area (Å²) >= 11 is 0. The molecular formula is C84H141NO8P+. The third kappa shape index (κ3) is 76.4. The summed E-state index contributed by atoms with van der Waals surface area (Å²) < 4.78 is 34.8. The Hall–Kier alpha value is -4.63. The van der Waals surface area contributed by atoms with Crippen LogP contribution in [0, 0.1) is 0 Å². The van der Waals surface area contributed by atoms with E-state index in [0.717, 1.165) is 141 Å². The molecule has 94 heavy (non-hydrogen) atoms. The lowest BCUT2D eigenvalue weighted by Crippen LogP contribution is -2.37. The Morgan fingerprint density at radius 3 is 0.851 bits per heavy atom. The molecule has 0 spiro atoms. The molecule has 1 N–H and O–H groups in total. The summed E-state index contributed by atoms with van der Waals surface area (Å²) in [7, 11) is 1.46. The molecule has 0 aliphatic heterocycles. The van der Waals surface area contributed by atoms with Gasteiger partial charge >= 0.3 is 19.8 Å². The van der Waals surface area contributed by atoms with Crippen molar-refractivity contribution in [3.8, 4) is 0 Å². The van der Waals surface area contributed by atoms with Gasteiger partial charge in [-0.1, -0.05) is 325 Å². The van der Waals surface area contributed by atoms with E-state index in [2.05, 4.69) is 184 Å². The number of quaternary nitrogens is 1. The second kappa shape index (κ2) is 72.6. The van der Waals surface area contributed by atoms with E-state index in [1.165, 1.54) is 122 Å². The Kier molecular flexibility index (Phi) is 69.1. The number of ether oxygens (including phenoxy) is 2. The van der Waals surface area contributed by atoms with Crippen molar-refractivity contribution in [2.75, 3.05) is 47.5 Å². The summed E-state index contributed by atoms with van der Waals surface area (Å²) in [6, 6.07) is 0. The quantitative estimate of drug-likeness (QED) is 0.0211. The van der Waals surface area contributed by atoms with Gasteiger partial charge in [-0.15, -0.1) is 0 Å². The van der Waals surface area contributed by atoms with Gasteiger partial charge in [0.2, 0.25) is 0 Å². The minimum absolute atomic E-state index is 0.0231. The van der Waals surface area contributed by atoms with Crippen molar-refractivity contribution in [3.05, 3.63) is 170 Å². The maximum Gasteiger partial charge on any atom is 0.472 e. The van der Waals surface area contributed by atoms with E-state index in [9.17, 15) is 19.0 Å². The first-order chi connectivity index (χ1) is 46.0. The fourth-order valence-electron chi connectivity index (χ4n) is 10.0. The molecule has 0 aromatic heterocycles. The summed E-state index contributed by atoms with van der Waals surface area (Å²) in [5, 5.41) is 0. The highest BCUT2D eigenvalue weighted by atomic mass is 31.2. The number of phosphoric acid groups is 1. The normalized spacial score (nSPS) is 14.1. The van der Waals surface area contributed by atoms with E-state index in [1.54, 1.807) is 0 Å². The number of likely N-dealkylation sites (N-methyl/N-ethyl adjacent to an activating group) is 1. The summed E-state index contributed by atoms with van der Waals surface area (Å²) in [4.78, 5) is 35.9. The van der Waals surface area contributed by atoms with Crippen LogP contribution >= 0.6 is 7.82 Å². The zero-order valence-electron chi connectivity index (χ0n) is 60.9. The predicted molar refractivity (Wildman–Crippen MR) is 408 cm³/mol. The van der Waals surface area contributed by atoms with Crippen molar-refractivity contribution in [2.24, 2.45) is 0 Å². The first-order valence-corrected chi connectivity index (χ1v) is 39.4. The topological polar surface area (TPSA) is 108 Å². The Labute approximate surface area is 578 Å². The number of carbonyl (C=O) groups is 2. The molecular weight excluding hydrogens is 1180 g/mol. The van der Waals surface area contributed by atoms with Crippen molar-refractivity contribution in [2.45, 2.75) is 302 Å². The molecule has 0 aromatic rings. The van der Waals surface area contributed by atoms with Crippen LogP contribution in [0.4, 0.5) is 0 Å². The highest BCUT2D eigenvalue weighted by Gasteiger charge is 2.27. The van der Waals surface area contributed by atoms with E-state index >= 15 is 0 Å². The van der Waals surface area contributed by atoms with Crippen molar-refractivity contribution in [3.63, 3.8) is 0 Å². The van der Waals surface area contributed by atoms with E-state index in [-0.39, 0.29) is 32.0 Å². The standard InChI is InChI=1S/C84H140NO8P/c1-6-8-10-12-14-16-18-20-22-24-26-28-30-32-34-36-37-38-39-40-41-42-43-44-45-46-47-49-51-53-55-57-59-61-63-65-67-69-71-73-75-77-84(87)93-82(81-92-94(88,89)91-79-78-85(3,4)5)80-90-83(86)76-74-72-70-68-66-64-62-60-58-56-54-52-50-48-35-33-31-29-27-25-23-21-19-17-15-13-11-9-7-2/h8-11,14-17,20-23,26-29,32-35,37-38,40-41,50,52,56,58,82H,6-7,12-13,18-19,24-25,30-31,36,39,42-49,51,53-55,57,59-81H2,1-5H3/p+1/b10-8-,11-9-,16-14-,17-15-,22-20-,23-21-,28-26-,29-27-,34-32-,35-33-,38-37-,41-40-,52-50-,58-56-. The van der Waals surface area contributed by atoms with Gasteiger partial charge in [-0.25, -0.2) is 4.57 Å². The zero-order chi connectivity index (χ0) is 68.3. The van der Waals surface area contributed by atoms with Crippen LogP contribution < -0.4 is 0 Å². The minimum Gasteiger partial charge on any atom is -0.462 e. The molecule has 534 valence electrons. The number of carbonyl (C=O) groups excluding carboxylic acids is 2. The molecule has 0 radical (unpaired) electrons. The second-order valence-electron chi connectivity index (χ2n) is 25.9. The molecule has 0 heterocycles. The van der Waals surface area contributed by atoms with Gasteiger partial charge in [0.25, 0.3) is 0 Å². The molecule has 2 atom stereocenters. The molecule has 9 nitrogen and oxygen atoms in total. The Morgan fingerprint density at radius 2 is 0.574 bits per heavy atom. The summed E-state index contributed by atoms with van der Waals surface area (Å²) in [5.41, 5.74) is 0. The fraction of sp³-hybridized carbons (Fsp3) is 0.643. The molecule has 0 saturated heterocycles. The van der Waals surface area contributed by atoms with E-state index in [4.69, 9.17) is 18.5 Å². The van der Waals surface area contributed by atoms with Crippen molar-refractivity contribution in [1.82, 2.24) is 0 Å². The van der Waals surface area contributed by atoms with Gasteiger partial charge in [-0.3, -0.25) is 18.6 Å². The van der Waals surface area contributed by atoms with Gasteiger partial charge in [0.1, 0.15) is 19.8 Å². The lowest BCUT2D eigenvalue weighted by Gasteiger charge is -2.24. The predicted octanol–water partition coefficient (Wildman–Crippen LogP) is 25.3. The van der Waals surface area contributed by atoms with Gasteiger partial charge < -0.3 is 18.9 Å². The van der Waals surface area contributed by atoms with Gasteiger partial charge in [-0.05, 0) is 128 Å². The number of phosphoric ester groups is 1. The Bertz CT molecular complexity index is 2200. The van der Waals surface area contributed by atoms with Crippen molar-refractivity contribution >= 4 is 19.8 Å². The molecule has 0 aromatic carbocycles. The van der Waals surface area contributed by atoms with Crippen LogP contribution in [-0.4, -0.2) is 74.9 Å². The van der Waals surface area contributed by atoms with E-state index in [0.29, 0.717) is 17.4 Å². The third-order valence-corrected chi connectivity index (χ3v) is 16.7. The maximum atomic E-state index is 12.9. The van der Waals surface area contributed by atoms with Crippen LogP contribution in [-0.2, 0) is 32.7 Å². The van der Waals surface area contributed by atoms with Gasteiger partial charge in [0.15, 0.2) is 6.10 Å². The van der Waals surface area contributed by atoms with Crippen molar-refractivity contribution < 1.29 is 42.1 Å². The zero-order valence-corrected chi connectivity index (χ0v) is 61.8. The molecule has 0 bridgehead atoms. The number of hydrogen-bond donors (Lipinski definition) is 1. The van der Waals surface area contributed by atoms with Gasteiger partial charge in [0.05, 0.1) is 27.7 Å². The number of unbranched alkanes of at least 4 members (excludes halogenated alkanes) is 26. The minimum atomic E-state index is -4.41. The molecule has 0 aliphatic carbocycles.